The molecule has 214 valence electrons. The van der Waals surface area contributed by atoms with Crippen molar-refractivity contribution in [3.05, 3.63) is 131 Å². The van der Waals surface area contributed by atoms with Gasteiger partial charge in [0, 0.05) is 0 Å². The Labute approximate surface area is 242 Å². The third-order valence-electron chi connectivity index (χ3n) is 7.42. The first-order valence-corrected chi connectivity index (χ1v) is 14.0. The zero-order chi connectivity index (χ0) is 28.8. The second kappa shape index (κ2) is 12.8. The zero-order valence-electron chi connectivity index (χ0n) is 24.3. The summed E-state index contributed by atoms with van der Waals surface area (Å²) in [7, 11) is 3.33. The summed E-state index contributed by atoms with van der Waals surface area (Å²) >= 11 is 0. The van der Waals surface area contributed by atoms with E-state index < -0.39 is 5.60 Å². The van der Waals surface area contributed by atoms with E-state index in [1.807, 2.05) is 86.6 Å². The predicted molar refractivity (Wildman–Crippen MR) is 158 cm³/mol. The van der Waals surface area contributed by atoms with Crippen LogP contribution < -0.4 is 9.47 Å². The summed E-state index contributed by atoms with van der Waals surface area (Å²) in [6.07, 6.45) is 4.25. The molecule has 4 aromatic rings. The molecule has 1 fully saturated rings. The van der Waals surface area contributed by atoms with Crippen molar-refractivity contribution in [2.75, 3.05) is 14.2 Å². The third kappa shape index (κ3) is 5.96. The highest BCUT2D eigenvalue weighted by Gasteiger charge is 2.39. The van der Waals surface area contributed by atoms with E-state index in [-0.39, 0.29) is 25.1 Å². The molecule has 3 atom stereocenters. The van der Waals surface area contributed by atoms with Gasteiger partial charge in [0.05, 0.1) is 14.2 Å². The monoisotopic (exact) mass is 554 g/mol. The number of benzene rings is 3. The molecule has 5 rings (SSSR count). The van der Waals surface area contributed by atoms with E-state index in [9.17, 15) is 0 Å². The summed E-state index contributed by atoms with van der Waals surface area (Å²) in [6.45, 7) is 6.27. The van der Waals surface area contributed by atoms with Crippen molar-refractivity contribution in [1.82, 2.24) is 0 Å². The summed E-state index contributed by atoms with van der Waals surface area (Å²) in [6, 6.07) is 28.3. The minimum atomic E-state index is -0.936. The molecule has 1 saturated heterocycles. The molecule has 1 aliphatic rings. The number of hydrogen-bond acceptors (Lipinski definition) is 6. The van der Waals surface area contributed by atoms with Crippen LogP contribution in [-0.2, 0) is 26.4 Å². The van der Waals surface area contributed by atoms with E-state index >= 15 is 0 Å². The minimum absolute atomic E-state index is 0.203. The molecule has 6 heteroatoms. The van der Waals surface area contributed by atoms with Gasteiger partial charge >= 0.3 is 0 Å². The maximum Gasteiger partial charge on any atom is 0.156 e. The summed E-state index contributed by atoms with van der Waals surface area (Å²) in [4.78, 5) is 0. The molecule has 2 heterocycles. The second-order valence-corrected chi connectivity index (χ2v) is 10.1. The molecule has 41 heavy (non-hydrogen) atoms. The highest BCUT2D eigenvalue weighted by Crippen LogP contribution is 2.43. The van der Waals surface area contributed by atoms with Gasteiger partial charge in [-0.3, -0.25) is 0 Å². The summed E-state index contributed by atoms with van der Waals surface area (Å²) in [5.41, 5.74) is 2.98. The van der Waals surface area contributed by atoms with Crippen LogP contribution in [0.5, 0.6) is 11.5 Å². The SMILES string of the molecule is CC/C=C\[C@@H]1OC(C)O[C@@H]1c1oc(COC(c2ccccc2)(c2ccc(OC)cc2)c2ccc(OC)cc2)cc1C. The molecule has 0 spiro atoms. The van der Waals surface area contributed by atoms with Crippen LogP contribution in [-0.4, -0.2) is 26.6 Å². The summed E-state index contributed by atoms with van der Waals surface area (Å²) < 4.78 is 36.5. The molecule has 0 bridgehead atoms. The molecule has 1 aromatic heterocycles. The van der Waals surface area contributed by atoms with Crippen molar-refractivity contribution >= 4 is 0 Å². The van der Waals surface area contributed by atoms with Crippen molar-refractivity contribution in [1.29, 1.82) is 0 Å². The van der Waals surface area contributed by atoms with Crippen molar-refractivity contribution in [2.45, 2.75) is 57.9 Å². The largest absolute Gasteiger partial charge is 0.497 e. The van der Waals surface area contributed by atoms with Crippen molar-refractivity contribution in [3.8, 4) is 11.5 Å². The van der Waals surface area contributed by atoms with E-state index in [0.29, 0.717) is 5.76 Å². The average molecular weight is 555 g/mol. The Bertz CT molecular complexity index is 1370. The van der Waals surface area contributed by atoms with Crippen molar-refractivity contribution < 1.29 is 28.1 Å². The van der Waals surface area contributed by atoms with Gasteiger partial charge in [-0.05, 0) is 72.9 Å². The maximum atomic E-state index is 7.00. The van der Waals surface area contributed by atoms with E-state index in [2.05, 4.69) is 31.2 Å². The van der Waals surface area contributed by atoms with Crippen LogP contribution >= 0.6 is 0 Å². The predicted octanol–water partition coefficient (Wildman–Crippen LogP) is 7.88. The smallest absolute Gasteiger partial charge is 0.156 e. The van der Waals surface area contributed by atoms with Crippen molar-refractivity contribution in [2.24, 2.45) is 0 Å². The number of ether oxygens (including phenoxy) is 5. The fraction of sp³-hybridized carbons (Fsp3) is 0.314. The summed E-state index contributed by atoms with van der Waals surface area (Å²) in [5, 5.41) is 0. The fourth-order valence-electron chi connectivity index (χ4n) is 5.41. The number of furan rings is 1. The van der Waals surface area contributed by atoms with Gasteiger partial charge in [0.25, 0.3) is 0 Å². The van der Waals surface area contributed by atoms with E-state index in [1.165, 1.54) is 0 Å². The minimum Gasteiger partial charge on any atom is -0.497 e. The molecule has 0 amide bonds. The van der Waals surface area contributed by atoms with E-state index in [1.54, 1.807) is 14.2 Å². The maximum absolute atomic E-state index is 7.00. The van der Waals surface area contributed by atoms with Crippen LogP contribution in [0.1, 0.15) is 60.1 Å². The van der Waals surface area contributed by atoms with Gasteiger partial charge in [0.15, 0.2) is 6.29 Å². The lowest BCUT2D eigenvalue weighted by molar-refractivity contribution is -0.0506. The van der Waals surface area contributed by atoms with Gasteiger partial charge < -0.3 is 28.1 Å². The molecule has 0 aliphatic carbocycles. The van der Waals surface area contributed by atoms with Gasteiger partial charge in [-0.2, -0.15) is 0 Å². The summed E-state index contributed by atoms with van der Waals surface area (Å²) in [5.74, 6) is 3.02. The Morgan fingerprint density at radius 1 is 0.805 bits per heavy atom. The molecule has 0 radical (unpaired) electrons. The third-order valence-corrected chi connectivity index (χ3v) is 7.42. The topological polar surface area (TPSA) is 59.3 Å². The number of allylic oxidation sites excluding steroid dienone is 1. The lowest BCUT2D eigenvalue weighted by atomic mass is 9.80. The van der Waals surface area contributed by atoms with Crippen LogP contribution in [0.4, 0.5) is 0 Å². The first kappa shape index (κ1) is 28.7. The molecule has 1 aliphatic heterocycles. The number of methoxy groups -OCH3 is 2. The normalized spacial score (nSPS) is 19.1. The van der Waals surface area contributed by atoms with Gasteiger partial charge in [0.2, 0.25) is 0 Å². The first-order valence-electron chi connectivity index (χ1n) is 14.0. The number of hydrogen-bond donors (Lipinski definition) is 0. The second-order valence-electron chi connectivity index (χ2n) is 10.1. The highest BCUT2D eigenvalue weighted by molar-refractivity contribution is 5.49. The average Bonchev–Trinajstić information content (AvgIpc) is 3.58. The molecule has 6 nitrogen and oxygen atoms in total. The molecule has 1 unspecified atom stereocenters. The molecule has 0 saturated carbocycles. The van der Waals surface area contributed by atoms with Crippen LogP contribution in [0.15, 0.2) is 101 Å². The van der Waals surface area contributed by atoms with Gasteiger partial charge in [0.1, 0.15) is 47.4 Å². The molecular formula is C35H38O6. The Balaban J connectivity index is 1.55. The molecule has 0 N–H and O–H groups in total. The Hall–Kier alpha value is -3.84. The Morgan fingerprint density at radius 2 is 1.39 bits per heavy atom. The lowest BCUT2D eigenvalue weighted by Gasteiger charge is -2.36. The first-order chi connectivity index (χ1) is 20.0. The van der Waals surface area contributed by atoms with Crippen LogP contribution in [0.25, 0.3) is 0 Å². The van der Waals surface area contributed by atoms with Gasteiger partial charge in [-0.15, -0.1) is 0 Å². The lowest BCUT2D eigenvalue weighted by Crippen LogP contribution is -2.32. The molecule has 3 aromatic carbocycles. The Morgan fingerprint density at radius 3 is 1.95 bits per heavy atom. The van der Waals surface area contributed by atoms with Gasteiger partial charge in [-0.1, -0.05) is 73.7 Å². The van der Waals surface area contributed by atoms with Crippen LogP contribution in [0.2, 0.25) is 0 Å². The van der Waals surface area contributed by atoms with Crippen LogP contribution in [0, 0.1) is 6.92 Å². The highest BCUT2D eigenvalue weighted by atomic mass is 16.7. The van der Waals surface area contributed by atoms with Crippen LogP contribution in [0.3, 0.4) is 0 Å². The quantitative estimate of drug-likeness (QED) is 0.139. The standard InChI is InChI=1S/C35H38O6/c1-6-7-13-32-34(40-25(3)39-32)33-24(2)22-31(41-33)23-38-35(26-11-9-8-10-12-26,27-14-18-29(36-4)19-15-27)28-16-20-30(37-5)21-17-28/h7-22,25,32,34H,6,23H2,1-5H3/b13-7-/t25?,32-,34-/m0/s1. The zero-order valence-corrected chi connectivity index (χ0v) is 24.3. The number of aryl methyl sites for hydroxylation is 1. The van der Waals surface area contributed by atoms with E-state index in [0.717, 1.165) is 45.9 Å². The van der Waals surface area contributed by atoms with E-state index in [4.69, 9.17) is 28.1 Å². The molecular weight excluding hydrogens is 516 g/mol. The Kier molecular flexibility index (Phi) is 8.93. The van der Waals surface area contributed by atoms with Crippen molar-refractivity contribution in [3.63, 3.8) is 0 Å². The number of rotatable bonds is 11. The van der Waals surface area contributed by atoms with Gasteiger partial charge in [-0.25, -0.2) is 0 Å². The fourth-order valence-corrected chi connectivity index (χ4v) is 5.41.